The molecule has 1 aliphatic carbocycles. The van der Waals surface area contributed by atoms with Crippen molar-refractivity contribution in [2.45, 2.75) is 44.2 Å². The van der Waals surface area contributed by atoms with Crippen LogP contribution in [0.3, 0.4) is 0 Å². The molecule has 1 aliphatic rings. The molecule has 1 saturated carbocycles. The van der Waals surface area contributed by atoms with Gasteiger partial charge in [0.05, 0.1) is 5.92 Å². The molecule has 98 valence electrons. The van der Waals surface area contributed by atoms with E-state index < -0.39 is 12.0 Å². The molecule has 0 spiro atoms. The summed E-state index contributed by atoms with van der Waals surface area (Å²) >= 11 is 0. The average Bonchev–Trinajstić information content (AvgIpc) is 2.28. The molecule has 0 aromatic heterocycles. The maximum Gasteiger partial charge on any atom is 0.326 e. The Morgan fingerprint density at radius 2 is 2.00 bits per heavy atom. The molecule has 0 radical (unpaired) electrons. The van der Waals surface area contributed by atoms with Crippen LogP contribution in [0.4, 0.5) is 0 Å². The van der Waals surface area contributed by atoms with Crippen molar-refractivity contribution >= 4 is 11.9 Å². The first kappa shape index (κ1) is 13.9. The van der Waals surface area contributed by atoms with E-state index in [0.29, 0.717) is 6.42 Å². The summed E-state index contributed by atoms with van der Waals surface area (Å²) < 4.78 is 0. The summed E-state index contributed by atoms with van der Waals surface area (Å²) in [6, 6.07) is -1.21. The van der Waals surface area contributed by atoms with Gasteiger partial charge in [0.15, 0.2) is 0 Å². The molecular weight excluding hydrogens is 224 g/mol. The fourth-order valence-corrected chi connectivity index (χ4v) is 2.15. The minimum absolute atomic E-state index is 0.0169. The van der Waals surface area contributed by atoms with E-state index in [4.69, 9.17) is 15.9 Å². The highest BCUT2D eigenvalue weighted by Crippen LogP contribution is 2.23. The van der Waals surface area contributed by atoms with Crippen molar-refractivity contribution in [2.75, 3.05) is 6.61 Å². The Hall–Kier alpha value is -1.14. The summed E-state index contributed by atoms with van der Waals surface area (Å²) in [5.74, 6) is -1.74. The van der Waals surface area contributed by atoms with Gasteiger partial charge in [-0.2, -0.15) is 0 Å². The number of hydrogen-bond donors (Lipinski definition) is 4. The molecular formula is C11H20N2O4. The zero-order chi connectivity index (χ0) is 12.8. The molecule has 1 amide bonds. The van der Waals surface area contributed by atoms with Gasteiger partial charge in [-0.15, -0.1) is 0 Å². The van der Waals surface area contributed by atoms with Crippen LogP contribution >= 0.6 is 0 Å². The number of aliphatic carboxylic acids is 1. The Kier molecular flexibility index (Phi) is 5.37. The van der Waals surface area contributed by atoms with Gasteiger partial charge in [-0.3, -0.25) is 4.79 Å². The monoisotopic (exact) mass is 244 g/mol. The van der Waals surface area contributed by atoms with Crippen molar-refractivity contribution < 1.29 is 19.8 Å². The van der Waals surface area contributed by atoms with Crippen molar-refractivity contribution in [3.8, 4) is 0 Å². The molecule has 17 heavy (non-hydrogen) atoms. The summed E-state index contributed by atoms with van der Waals surface area (Å²) in [6.07, 6.45) is 3.49. The lowest BCUT2D eigenvalue weighted by molar-refractivity contribution is -0.143. The largest absolute Gasteiger partial charge is 0.480 e. The van der Waals surface area contributed by atoms with Crippen LogP contribution in [-0.4, -0.2) is 40.8 Å². The number of rotatable bonds is 5. The maximum atomic E-state index is 11.9. The Morgan fingerprint density at radius 1 is 1.35 bits per heavy atom. The summed E-state index contributed by atoms with van der Waals surface area (Å²) in [7, 11) is 0. The molecule has 5 N–H and O–H groups in total. The van der Waals surface area contributed by atoms with Crippen LogP contribution in [-0.2, 0) is 9.59 Å². The number of carboxylic acids is 1. The van der Waals surface area contributed by atoms with Gasteiger partial charge < -0.3 is 21.3 Å². The first-order chi connectivity index (χ1) is 8.06. The van der Waals surface area contributed by atoms with Gasteiger partial charge in [0, 0.05) is 19.1 Å². The molecule has 6 nitrogen and oxygen atoms in total. The first-order valence-electron chi connectivity index (χ1n) is 5.96. The second-order valence-corrected chi connectivity index (χ2v) is 4.47. The van der Waals surface area contributed by atoms with Gasteiger partial charge in [0.2, 0.25) is 5.91 Å². The summed E-state index contributed by atoms with van der Waals surface area (Å²) in [4.78, 5) is 22.7. The van der Waals surface area contributed by atoms with Gasteiger partial charge in [0.1, 0.15) is 6.04 Å². The number of nitrogens with one attached hydrogen (secondary N) is 1. The van der Waals surface area contributed by atoms with Crippen LogP contribution in [0.25, 0.3) is 0 Å². The average molecular weight is 244 g/mol. The van der Waals surface area contributed by atoms with E-state index in [1.807, 2.05) is 0 Å². The van der Waals surface area contributed by atoms with E-state index in [2.05, 4.69) is 5.32 Å². The molecule has 0 heterocycles. The Balaban J connectivity index is 2.53. The molecule has 1 rings (SSSR count). The van der Waals surface area contributed by atoms with Crippen molar-refractivity contribution in [1.82, 2.24) is 5.32 Å². The van der Waals surface area contributed by atoms with Gasteiger partial charge in [-0.25, -0.2) is 4.79 Å². The van der Waals surface area contributed by atoms with Gasteiger partial charge in [0.25, 0.3) is 0 Å². The fourth-order valence-electron chi connectivity index (χ4n) is 2.15. The fraction of sp³-hybridized carbons (Fsp3) is 0.818. The molecule has 3 atom stereocenters. The molecule has 1 fully saturated rings. The van der Waals surface area contributed by atoms with Crippen LogP contribution < -0.4 is 11.1 Å². The van der Waals surface area contributed by atoms with Crippen molar-refractivity contribution in [3.05, 3.63) is 0 Å². The number of hydrogen-bond acceptors (Lipinski definition) is 4. The summed E-state index contributed by atoms with van der Waals surface area (Å²) in [6.45, 7) is -0.270. The SMILES string of the molecule is NC1CCCCC1C(=O)NC(CCO)C(=O)O. The molecule has 0 saturated heterocycles. The van der Waals surface area contributed by atoms with Crippen LogP contribution in [0, 0.1) is 5.92 Å². The molecule has 0 aliphatic heterocycles. The highest BCUT2D eigenvalue weighted by molar-refractivity contribution is 5.85. The number of carboxylic acid groups (broad SMARTS) is 1. The Bertz CT molecular complexity index is 283. The highest BCUT2D eigenvalue weighted by Gasteiger charge is 2.30. The van der Waals surface area contributed by atoms with E-state index in [-0.39, 0.29) is 30.9 Å². The van der Waals surface area contributed by atoms with E-state index >= 15 is 0 Å². The molecule has 6 heteroatoms. The van der Waals surface area contributed by atoms with Crippen molar-refractivity contribution in [3.63, 3.8) is 0 Å². The predicted octanol–water partition coefficient (Wildman–Crippen LogP) is -0.544. The van der Waals surface area contributed by atoms with Gasteiger partial charge in [-0.1, -0.05) is 12.8 Å². The standard InChI is InChI=1S/C11H20N2O4/c12-8-4-2-1-3-7(8)10(15)13-9(5-6-14)11(16)17/h7-9,14H,1-6,12H2,(H,13,15)(H,16,17). The lowest BCUT2D eigenvalue weighted by atomic mass is 9.84. The third kappa shape index (κ3) is 3.98. The van der Waals surface area contributed by atoms with E-state index in [0.717, 1.165) is 19.3 Å². The Morgan fingerprint density at radius 3 is 2.53 bits per heavy atom. The van der Waals surface area contributed by atoms with E-state index in [1.54, 1.807) is 0 Å². The smallest absolute Gasteiger partial charge is 0.326 e. The van der Waals surface area contributed by atoms with E-state index in [9.17, 15) is 9.59 Å². The summed E-state index contributed by atoms with van der Waals surface area (Å²) in [5.41, 5.74) is 5.85. The molecule has 0 aromatic rings. The van der Waals surface area contributed by atoms with Crippen LogP contribution in [0.15, 0.2) is 0 Å². The second kappa shape index (κ2) is 6.56. The molecule has 3 unspecified atom stereocenters. The number of nitrogens with two attached hydrogens (primary N) is 1. The maximum absolute atomic E-state index is 11.9. The van der Waals surface area contributed by atoms with Crippen LogP contribution in [0.2, 0.25) is 0 Å². The lowest BCUT2D eigenvalue weighted by Crippen LogP contribution is -2.49. The van der Waals surface area contributed by atoms with Crippen LogP contribution in [0.1, 0.15) is 32.1 Å². The van der Waals surface area contributed by atoms with E-state index in [1.165, 1.54) is 0 Å². The first-order valence-corrected chi connectivity index (χ1v) is 5.96. The number of carbonyl (C=O) groups is 2. The third-order valence-corrected chi connectivity index (χ3v) is 3.19. The zero-order valence-corrected chi connectivity index (χ0v) is 9.76. The number of aliphatic hydroxyl groups is 1. The molecule has 0 bridgehead atoms. The minimum Gasteiger partial charge on any atom is -0.480 e. The van der Waals surface area contributed by atoms with Crippen molar-refractivity contribution in [1.29, 1.82) is 0 Å². The predicted molar refractivity (Wildman–Crippen MR) is 61.2 cm³/mol. The number of aliphatic hydroxyl groups excluding tert-OH is 1. The van der Waals surface area contributed by atoms with Gasteiger partial charge >= 0.3 is 5.97 Å². The highest BCUT2D eigenvalue weighted by atomic mass is 16.4. The lowest BCUT2D eigenvalue weighted by Gasteiger charge is -2.28. The van der Waals surface area contributed by atoms with Crippen molar-refractivity contribution in [2.24, 2.45) is 11.7 Å². The number of amides is 1. The number of carbonyl (C=O) groups excluding carboxylic acids is 1. The zero-order valence-electron chi connectivity index (χ0n) is 9.76. The Labute approximate surface area is 100 Å². The quantitative estimate of drug-likeness (QED) is 0.518. The normalized spacial score (nSPS) is 26.2. The molecule has 0 aromatic carbocycles. The third-order valence-electron chi connectivity index (χ3n) is 3.19. The topological polar surface area (TPSA) is 113 Å². The van der Waals surface area contributed by atoms with Crippen LogP contribution in [0.5, 0.6) is 0 Å². The minimum atomic E-state index is -1.13. The van der Waals surface area contributed by atoms with Gasteiger partial charge in [-0.05, 0) is 12.8 Å². The second-order valence-electron chi connectivity index (χ2n) is 4.47. The summed E-state index contributed by atoms with van der Waals surface area (Å²) in [5, 5.41) is 20.0.